The van der Waals surface area contributed by atoms with Crippen molar-refractivity contribution in [2.45, 2.75) is 24.3 Å². The summed E-state index contributed by atoms with van der Waals surface area (Å²) in [5.41, 5.74) is 0. The molecule has 0 saturated carbocycles. The zero-order chi connectivity index (χ0) is 11.3. The summed E-state index contributed by atoms with van der Waals surface area (Å²) in [5, 5.41) is 3.39. The fourth-order valence-electron chi connectivity index (χ4n) is 2.16. The van der Waals surface area contributed by atoms with Gasteiger partial charge in [-0.05, 0) is 0 Å². The van der Waals surface area contributed by atoms with Crippen molar-refractivity contribution in [3.05, 3.63) is 0 Å². The van der Waals surface area contributed by atoms with Crippen molar-refractivity contribution in [3.8, 4) is 0 Å². The topological polar surface area (TPSA) is 49.0 Å². The van der Waals surface area contributed by atoms with Crippen molar-refractivity contribution in [2.75, 3.05) is 41.7 Å². The minimum atomic E-state index is 0.00935. The van der Waals surface area contributed by atoms with Gasteiger partial charge in [0.05, 0.1) is 25.3 Å². The van der Waals surface area contributed by atoms with Gasteiger partial charge in [-0.3, -0.25) is 0 Å². The first-order valence-corrected chi connectivity index (χ1v) is 5.08. The van der Waals surface area contributed by atoms with E-state index in [1.54, 1.807) is 28.4 Å². The average molecular weight is 219 g/mol. The van der Waals surface area contributed by atoms with Crippen molar-refractivity contribution < 1.29 is 18.9 Å². The highest BCUT2D eigenvalue weighted by Crippen LogP contribution is 2.20. The summed E-state index contributed by atoms with van der Waals surface area (Å²) in [5.74, 6) is 0. The smallest absolute Gasteiger partial charge is 0.102 e. The van der Waals surface area contributed by atoms with Gasteiger partial charge in [0.1, 0.15) is 12.2 Å². The molecule has 1 N–H and O–H groups in total. The van der Waals surface area contributed by atoms with E-state index in [4.69, 9.17) is 18.9 Å². The van der Waals surface area contributed by atoms with Crippen molar-refractivity contribution in [2.24, 2.45) is 0 Å². The third-order valence-corrected chi connectivity index (χ3v) is 2.78. The van der Waals surface area contributed by atoms with Crippen LogP contribution in [0.2, 0.25) is 0 Å². The monoisotopic (exact) mass is 219 g/mol. The van der Waals surface area contributed by atoms with E-state index >= 15 is 0 Å². The third kappa shape index (κ3) is 2.89. The Hall–Kier alpha value is -0.200. The molecule has 1 aliphatic heterocycles. The quantitative estimate of drug-likeness (QED) is 0.661. The average Bonchev–Trinajstić information content (AvgIpc) is 2.56. The van der Waals surface area contributed by atoms with Gasteiger partial charge in [0.15, 0.2) is 0 Å². The van der Waals surface area contributed by atoms with Crippen LogP contribution in [0.5, 0.6) is 0 Å². The summed E-state index contributed by atoms with van der Waals surface area (Å²) in [6.07, 6.45) is 0.0187. The van der Waals surface area contributed by atoms with E-state index in [-0.39, 0.29) is 24.3 Å². The molecule has 90 valence electrons. The summed E-state index contributed by atoms with van der Waals surface area (Å²) in [6.45, 7) is 1.22. The highest BCUT2D eigenvalue weighted by molar-refractivity contribution is 4.99. The van der Waals surface area contributed by atoms with E-state index < -0.39 is 0 Å². The van der Waals surface area contributed by atoms with Gasteiger partial charge in [-0.2, -0.15) is 0 Å². The molecule has 0 bridgehead atoms. The highest BCUT2D eigenvalue weighted by atomic mass is 16.5. The largest absolute Gasteiger partial charge is 0.383 e. The summed E-state index contributed by atoms with van der Waals surface area (Å²) >= 11 is 0. The Morgan fingerprint density at radius 1 is 0.800 bits per heavy atom. The molecule has 15 heavy (non-hydrogen) atoms. The minimum absolute atomic E-state index is 0.00935. The second-order valence-corrected chi connectivity index (χ2v) is 3.69. The van der Waals surface area contributed by atoms with Gasteiger partial charge in [0, 0.05) is 28.4 Å². The molecular weight excluding hydrogens is 198 g/mol. The van der Waals surface area contributed by atoms with Crippen LogP contribution in [0.15, 0.2) is 0 Å². The van der Waals surface area contributed by atoms with Crippen molar-refractivity contribution in [1.82, 2.24) is 5.32 Å². The molecule has 0 spiro atoms. The van der Waals surface area contributed by atoms with Gasteiger partial charge in [0.2, 0.25) is 0 Å². The molecule has 5 nitrogen and oxygen atoms in total. The molecular formula is C10H21NO4. The molecule has 1 rings (SSSR count). The molecule has 0 amide bonds. The molecule has 0 aromatic carbocycles. The number of nitrogens with one attached hydrogen (secondary N) is 1. The lowest BCUT2D eigenvalue weighted by Crippen LogP contribution is -2.38. The van der Waals surface area contributed by atoms with Gasteiger partial charge in [-0.1, -0.05) is 0 Å². The van der Waals surface area contributed by atoms with E-state index in [1.165, 1.54) is 0 Å². The maximum Gasteiger partial charge on any atom is 0.102 e. The summed E-state index contributed by atoms with van der Waals surface area (Å²) in [4.78, 5) is 0. The van der Waals surface area contributed by atoms with E-state index in [0.717, 1.165) is 0 Å². The molecule has 0 radical (unpaired) electrons. The van der Waals surface area contributed by atoms with Crippen LogP contribution in [-0.2, 0) is 18.9 Å². The number of hydrogen-bond donors (Lipinski definition) is 1. The number of ether oxygens (including phenoxy) is 4. The molecule has 0 unspecified atom stereocenters. The molecule has 1 heterocycles. The van der Waals surface area contributed by atoms with E-state index in [0.29, 0.717) is 13.2 Å². The van der Waals surface area contributed by atoms with Crippen LogP contribution in [-0.4, -0.2) is 65.9 Å². The van der Waals surface area contributed by atoms with E-state index in [1.807, 2.05) is 0 Å². The molecule has 1 fully saturated rings. The first-order valence-electron chi connectivity index (χ1n) is 5.08. The lowest BCUT2D eigenvalue weighted by Gasteiger charge is -2.22. The Labute approximate surface area is 91.0 Å². The molecule has 0 aromatic heterocycles. The normalized spacial score (nSPS) is 36.0. The van der Waals surface area contributed by atoms with Gasteiger partial charge < -0.3 is 24.3 Å². The van der Waals surface area contributed by atoms with Crippen LogP contribution >= 0.6 is 0 Å². The minimum Gasteiger partial charge on any atom is -0.383 e. The first kappa shape index (κ1) is 12.9. The second-order valence-electron chi connectivity index (χ2n) is 3.69. The van der Waals surface area contributed by atoms with Crippen molar-refractivity contribution >= 4 is 0 Å². The van der Waals surface area contributed by atoms with Crippen LogP contribution in [0.4, 0.5) is 0 Å². The lowest BCUT2D eigenvalue weighted by atomic mass is 10.1. The molecule has 4 atom stereocenters. The van der Waals surface area contributed by atoms with Crippen LogP contribution < -0.4 is 5.32 Å². The maximum absolute atomic E-state index is 5.43. The Morgan fingerprint density at radius 2 is 1.20 bits per heavy atom. The van der Waals surface area contributed by atoms with Crippen molar-refractivity contribution in [3.63, 3.8) is 0 Å². The fourth-order valence-corrected chi connectivity index (χ4v) is 2.16. The van der Waals surface area contributed by atoms with Gasteiger partial charge >= 0.3 is 0 Å². The number of rotatable bonds is 6. The Kier molecular flexibility index (Phi) is 5.49. The standard InChI is InChI=1S/C10H21NO4/c1-12-5-7-9(14-3)10(15-4)8(11-7)6-13-2/h7-11H,5-6H2,1-4H3/t7-,8+,9-,10-/m1/s1. The van der Waals surface area contributed by atoms with Crippen LogP contribution in [0, 0.1) is 0 Å². The molecule has 1 aliphatic rings. The number of methoxy groups -OCH3 is 4. The molecule has 5 heteroatoms. The predicted octanol–water partition coefficient (Wildman–Crippen LogP) is -0.350. The highest BCUT2D eigenvalue weighted by Gasteiger charge is 2.43. The molecule has 0 aliphatic carbocycles. The lowest BCUT2D eigenvalue weighted by molar-refractivity contribution is -0.0418. The van der Waals surface area contributed by atoms with E-state index in [9.17, 15) is 0 Å². The van der Waals surface area contributed by atoms with Gasteiger partial charge in [0.25, 0.3) is 0 Å². The zero-order valence-electron chi connectivity index (χ0n) is 9.86. The third-order valence-electron chi connectivity index (χ3n) is 2.78. The summed E-state index contributed by atoms with van der Waals surface area (Å²) < 4.78 is 21.1. The SMILES string of the molecule is COC[C@@H]1N[C@H](COC)[C@@H](OC)[C@@H]1OC. The summed E-state index contributed by atoms with van der Waals surface area (Å²) in [7, 11) is 6.74. The van der Waals surface area contributed by atoms with Crippen molar-refractivity contribution in [1.29, 1.82) is 0 Å². The molecule has 0 aromatic rings. The van der Waals surface area contributed by atoms with E-state index in [2.05, 4.69) is 5.32 Å². The number of hydrogen-bond acceptors (Lipinski definition) is 5. The van der Waals surface area contributed by atoms with Gasteiger partial charge in [-0.25, -0.2) is 0 Å². The Bertz CT molecular complexity index is 161. The first-order chi connectivity index (χ1) is 7.28. The second kappa shape index (κ2) is 6.40. The fraction of sp³-hybridized carbons (Fsp3) is 1.00. The Balaban J connectivity index is 2.62. The maximum atomic E-state index is 5.43. The van der Waals surface area contributed by atoms with Crippen LogP contribution in [0.3, 0.4) is 0 Å². The van der Waals surface area contributed by atoms with Gasteiger partial charge in [-0.15, -0.1) is 0 Å². The van der Waals surface area contributed by atoms with Crippen LogP contribution in [0.25, 0.3) is 0 Å². The molecule has 1 saturated heterocycles. The van der Waals surface area contributed by atoms with Crippen LogP contribution in [0.1, 0.15) is 0 Å². The summed E-state index contributed by atoms with van der Waals surface area (Å²) in [6, 6.07) is 0.315. The predicted molar refractivity (Wildman–Crippen MR) is 56.1 cm³/mol. The Morgan fingerprint density at radius 3 is 1.47 bits per heavy atom. The zero-order valence-corrected chi connectivity index (χ0v) is 9.86.